The Labute approximate surface area is 140 Å². The van der Waals surface area contributed by atoms with E-state index < -0.39 is 0 Å². The third-order valence-corrected chi connectivity index (χ3v) is 4.80. The van der Waals surface area contributed by atoms with Crippen LogP contribution in [0.15, 0.2) is 46.2 Å². The smallest absolute Gasteiger partial charge is 0.0151 e. The first-order valence-electron chi connectivity index (χ1n) is 8.01. The van der Waals surface area contributed by atoms with Crippen molar-refractivity contribution in [2.75, 3.05) is 33.7 Å². The number of thioether (sulfide) groups is 1. The minimum absolute atomic E-state index is 1.09. The summed E-state index contributed by atoms with van der Waals surface area (Å²) in [6.07, 6.45) is 7.76. The molecule has 3 heteroatoms. The van der Waals surface area contributed by atoms with Crippen molar-refractivity contribution in [3.8, 4) is 0 Å². The van der Waals surface area contributed by atoms with Crippen LogP contribution < -0.4 is 5.32 Å². The van der Waals surface area contributed by atoms with Crippen LogP contribution in [0.2, 0.25) is 0 Å². The largest absolute Gasteiger partial charge is 0.318 e. The van der Waals surface area contributed by atoms with Crippen molar-refractivity contribution in [1.29, 1.82) is 0 Å². The van der Waals surface area contributed by atoms with Gasteiger partial charge in [-0.1, -0.05) is 54.6 Å². The molecule has 1 aromatic carbocycles. The van der Waals surface area contributed by atoms with Gasteiger partial charge in [0.05, 0.1) is 0 Å². The highest BCUT2D eigenvalue weighted by Gasteiger charge is 2.03. The summed E-state index contributed by atoms with van der Waals surface area (Å²) < 4.78 is 0. The minimum Gasteiger partial charge on any atom is -0.318 e. The van der Waals surface area contributed by atoms with Crippen LogP contribution in [0.25, 0.3) is 0 Å². The van der Waals surface area contributed by atoms with Gasteiger partial charge in [-0.05, 0) is 52.5 Å². The standard InChI is InChI=1S/C13H14S.C6H16N2/c1-10-7-8-13(11(2)9-10)14-12-5-3-4-6-12;1-4-8(3)6-5-7-2/h3,5-9H,4H2,1-2H3;7H,4-6H2,1-3H3. The maximum Gasteiger partial charge on any atom is 0.0151 e. The van der Waals surface area contributed by atoms with E-state index in [4.69, 9.17) is 0 Å². The normalized spacial score (nSPS) is 13.1. The summed E-state index contributed by atoms with van der Waals surface area (Å²) in [4.78, 5) is 5.02. The van der Waals surface area contributed by atoms with E-state index in [0.29, 0.717) is 0 Å². The van der Waals surface area contributed by atoms with Gasteiger partial charge in [0, 0.05) is 22.9 Å². The zero-order valence-corrected chi connectivity index (χ0v) is 15.5. The van der Waals surface area contributed by atoms with Crippen molar-refractivity contribution in [2.24, 2.45) is 0 Å². The second-order valence-electron chi connectivity index (χ2n) is 5.62. The van der Waals surface area contributed by atoms with Gasteiger partial charge in [-0.3, -0.25) is 0 Å². The maximum atomic E-state index is 3.09. The summed E-state index contributed by atoms with van der Waals surface area (Å²) in [5.74, 6) is 0. The van der Waals surface area contributed by atoms with Crippen LogP contribution in [-0.2, 0) is 0 Å². The molecule has 0 heterocycles. The molecule has 1 aliphatic rings. The third-order valence-electron chi connectivity index (χ3n) is 3.58. The Morgan fingerprint density at radius 3 is 2.59 bits per heavy atom. The zero-order valence-electron chi connectivity index (χ0n) is 14.6. The molecule has 0 saturated heterocycles. The zero-order chi connectivity index (χ0) is 16.4. The number of rotatable bonds is 6. The van der Waals surface area contributed by atoms with Gasteiger partial charge in [0.15, 0.2) is 0 Å². The Hall–Kier alpha value is -1.03. The van der Waals surface area contributed by atoms with Crippen molar-refractivity contribution >= 4 is 11.8 Å². The van der Waals surface area contributed by atoms with Crippen LogP contribution in [0.1, 0.15) is 24.5 Å². The summed E-state index contributed by atoms with van der Waals surface area (Å²) in [7, 11) is 4.10. The Morgan fingerprint density at radius 2 is 2.05 bits per heavy atom. The second-order valence-corrected chi connectivity index (χ2v) is 6.73. The van der Waals surface area contributed by atoms with E-state index in [1.54, 1.807) is 0 Å². The van der Waals surface area contributed by atoms with Crippen molar-refractivity contribution < 1.29 is 0 Å². The fraction of sp³-hybridized carbons (Fsp3) is 0.474. The SMILES string of the molecule is CCN(C)CCNC.Cc1ccc(SC2=CCC=C2)c(C)c1. The molecular weight excluding hydrogens is 288 g/mol. The number of hydrogen-bond acceptors (Lipinski definition) is 3. The summed E-state index contributed by atoms with van der Waals surface area (Å²) in [5, 5.41) is 3.09. The number of benzene rings is 1. The lowest BCUT2D eigenvalue weighted by Gasteiger charge is -2.11. The van der Waals surface area contributed by atoms with Crippen molar-refractivity contribution in [1.82, 2.24) is 10.2 Å². The lowest BCUT2D eigenvalue weighted by atomic mass is 10.2. The van der Waals surface area contributed by atoms with E-state index in [9.17, 15) is 0 Å². The molecule has 0 aromatic heterocycles. The molecule has 0 fully saturated rings. The molecule has 0 bridgehead atoms. The number of aryl methyl sites for hydroxylation is 2. The fourth-order valence-corrected chi connectivity index (χ4v) is 2.97. The highest BCUT2D eigenvalue weighted by Crippen LogP contribution is 2.32. The van der Waals surface area contributed by atoms with Crippen LogP contribution in [0, 0.1) is 13.8 Å². The molecule has 0 radical (unpaired) electrons. The van der Waals surface area contributed by atoms with Gasteiger partial charge < -0.3 is 10.2 Å². The van der Waals surface area contributed by atoms with Gasteiger partial charge in [0.2, 0.25) is 0 Å². The highest BCUT2D eigenvalue weighted by atomic mass is 32.2. The monoisotopic (exact) mass is 318 g/mol. The summed E-state index contributed by atoms with van der Waals surface area (Å²) in [5.41, 5.74) is 2.71. The molecule has 0 amide bonds. The molecule has 1 aromatic rings. The lowest BCUT2D eigenvalue weighted by Crippen LogP contribution is -2.26. The molecule has 122 valence electrons. The van der Waals surface area contributed by atoms with E-state index in [1.807, 2.05) is 18.8 Å². The number of hydrogen-bond donors (Lipinski definition) is 1. The van der Waals surface area contributed by atoms with Gasteiger partial charge in [0.25, 0.3) is 0 Å². The lowest BCUT2D eigenvalue weighted by molar-refractivity contribution is 0.354. The van der Waals surface area contributed by atoms with Gasteiger partial charge in [-0.15, -0.1) is 0 Å². The van der Waals surface area contributed by atoms with E-state index in [-0.39, 0.29) is 0 Å². The van der Waals surface area contributed by atoms with Crippen LogP contribution in [0.4, 0.5) is 0 Å². The quantitative estimate of drug-likeness (QED) is 0.837. The minimum atomic E-state index is 1.09. The highest BCUT2D eigenvalue weighted by molar-refractivity contribution is 8.03. The number of nitrogens with one attached hydrogen (secondary N) is 1. The van der Waals surface area contributed by atoms with Crippen molar-refractivity contribution in [3.05, 3.63) is 52.5 Å². The topological polar surface area (TPSA) is 15.3 Å². The summed E-state index contributed by atoms with van der Waals surface area (Å²) in [6.45, 7) is 9.85. The molecule has 0 aliphatic heterocycles. The number of allylic oxidation sites excluding steroid dienone is 3. The average molecular weight is 319 g/mol. The van der Waals surface area contributed by atoms with E-state index in [2.05, 4.69) is 74.5 Å². The molecular formula is C19H30N2S. The maximum absolute atomic E-state index is 3.09. The Bertz CT molecular complexity index is 506. The van der Waals surface area contributed by atoms with Crippen LogP contribution in [0.5, 0.6) is 0 Å². The Balaban J connectivity index is 0.000000261. The molecule has 2 rings (SSSR count). The van der Waals surface area contributed by atoms with E-state index in [1.165, 1.54) is 20.9 Å². The number of likely N-dealkylation sites (N-methyl/N-ethyl adjacent to an activating group) is 2. The molecule has 0 unspecified atom stereocenters. The first-order valence-corrected chi connectivity index (χ1v) is 8.83. The van der Waals surface area contributed by atoms with E-state index >= 15 is 0 Å². The first-order chi connectivity index (χ1) is 10.6. The van der Waals surface area contributed by atoms with Crippen molar-refractivity contribution in [2.45, 2.75) is 32.1 Å². The summed E-state index contributed by atoms with van der Waals surface area (Å²) in [6, 6.07) is 6.62. The molecule has 2 nitrogen and oxygen atoms in total. The average Bonchev–Trinajstić information content (AvgIpc) is 3.01. The Kier molecular flexibility index (Phi) is 9.21. The first kappa shape index (κ1) is 19.0. The van der Waals surface area contributed by atoms with Crippen LogP contribution >= 0.6 is 11.8 Å². The van der Waals surface area contributed by atoms with Gasteiger partial charge in [-0.2, -0.15) is 0 Å². The van der Waals surface area contributed by atoms with Gasteiger partial charge in [-0.25, -0.2) is 0 Å². The van der Waals surface area contributed by atoms with E-state index in [0.717, 1.165) is 26.1 Å². The molecule has 0 atom stereocenters. The van der Waals surface area contributed by atoms with Crippen LogP contribution in [-0.4, -0.2) is 38.6 Å². The van der Waals surface area contributed by atoms with Crippen molar-refractivity contribution in [3.63, 3.8) is 0 Å². The summed E-state index contributed by atoms with van der Waals surface area (Å²) >= 11 is 1.86. The second kappa shape index (κ2) is 10.7. The van der Waals surface area contributed by atoms with Crippen LogP contribution in [0.3, 0.4) is 0 Å². The van der Waals surface area contributed by atoms with Gasteiger partial charge in [0.1, 0.15) is 0 Å². The predicted molar refractivity (Wildman–Crippen MR) is 101 cm³/mol. The molecule has 0 spiro atoms. The fourth-order valence-electron chi connectivity index (χ4n) is 2.01. The molecule has 0 saturated carbocycles. The molecule has 22 heavy (non-hydrogen) atoms. The molecule has 1 aliphatic carbocycles. The molecule has 1 N–H and O–H groups in total. The predicted octanol–water partition coefficient (Wildman–Crippen LogP) is 4.40. The Morgan fingerprint density at radius 1 is 1.27 bits per heavy atom. The third kappa shape index (κ3) is 7.30. The van der Waals surface area contributed by atoms with Gasteiger partial charge >= 0.3 is 0 Å². The number of nitrogens with zero attached hydrogens (tertiary/aromatic N) is 1.